The third-order valence-electron chi connectivity index (χ3n) is 4.93. The van der Waals surface area contributed by atoms with Crippen LogP contribution in [0.1, 0.15) is 30.0 Å². The maximum absolute atomic E-state index is 15.0. The topological polar surface area (TPSA) is 138 Å². The van der Waals surface area contributed by atoms with E-state index in [9.17, 15) is 27.9 Å². The lowest BCUT2D eigenvalue weighted by atomic mass is 10.2. The SMILES string of the molecule is CCn1c(CO)nn(-c2nc(O[C@@H](C)C(F)(F)F)c(C(=O)Nc3cnn(CCOC)c3)cc2F)c1=O. The van der Waals surface area contributed by atoms with Gasteiger partial charge in [0.05, 0.1) is 25.0 Å². The third-order valence-corrected chi connectivity index (χ3v) is 4.93. The number of pyridine rings is 1. The fraction of sp³-hybridized carbons (Fsp3) is 0.450. The van der Waals surface area contributed by atoms with Crippen molar-refractivity contribution in [2.24, 2.45) is 0 Å². The molecule has 3 heterocycles. The summed E-state index contributed by atoms with van der Waals surface area (Å²) >= 11 is 0. The van der Waals surface area contributed by atoms with Crippen molar-refractivity contribution >= 4 is 11.6 Å². The van der Waals surface area contributed by atoms with Crippen LogP contribution in [-0.4, -0.2) is 66.1 Å². The molecule has 0 saturated carbocycles. The van der Waals surface area contributed by atoms with Gasteiger partial charge >= 0.3 is 11.9 Å². The fourth-order valence-corrected chi connectivity index (χ4v) is 3.04. The second kappa shape index (κ2) is 10.9. The molecule has 0 aromatic carbocycles. The molecule has 0 unspecified atom stereocenters. The van der Waals surface area contributed by atoms with Crippen LogP contribution in [0.3, 0.4) is 0 Å². The minimum Gasteiger partial charge on any atom is -0.464 e. The highest BCUT2D eigenvalue weighted by Crippen LogP contribution is 2.28. The van der Waals surface area contributed by atoms with E-state index in [1.54, 1.807) is 6.92 Å². The van der Waals surface area contributed by atoms with Gasteiger partial charge in [0.1, 0.15) is 12.2 Å². The number of carbonyl (C=O) groups excluding carboxylic acids is 1. The van der Waals surface area contributed by atoms with Gasteiger partial charge in [0.2, 0.25) is 5.88 Å². The number of nitrogens with zero attached hydrogens (tertiary/aromatic N) is 6. The Labute approximate surface area is 201 Å². The Morgan fingerprint density at radius 2 is 2.06 bits per heavy atom. The number of amides is 1. The van der Waals surface area contributed by atoms with Crippen LogP contribution in [0.15, 0.2) is 23.3 Å². The van der Waals surface area contributed by atoms with Crippen molar-refractivity contribution in [1.82, 2.24) is 29.1 Å². The van der Waals surface area contributed by atoms with Gasteiger partial charge in [0, 0.05) is 19.9 Å². The van der Waals surface area contributed by atoms with E-state index in [0.717, 1.165) is 4.57 Å². The molecule has 1 atom stereocenters. The number of aromatic nitrogens is 6. The molecule has 0 radical (unpaired) electrons. The maximum atomic E-state index is 15.0. The van der Waals surface area contributed by atoms with E-state index in [-0.39, 0.29) is 18.1 Å². The summed E-state index contributed by atoms with van der Waals surface area (Å²) in [5.74, 6) is -4.09. The van der Waals surface area contributed by atoms with Crippen molar-refractivity contribution in [2.75, 3.05) is 19.0 Å². The molecule has 3 aromatic heterocycles. The Morgan fingerprint density at radius 3 is 2.64 bits per heavy atom. The van der Waals surface area contributed by atoms with Crippen molar-refractivity contribution in [3.8, 4) is 11.7 Å². The van der Waals surface area contributed by atoms with E-state index in [0.29, 0.717) is 30.8 Å². The molecule has 1 amide bonds. The molecule has 2 N–H and O–H groups in total. The van der Waals surface area contributed by atoms with Gasteiger partial charge in [-0.2, -0.15) is 27.9 Å². The number of hydrogen-bond donors (Lipinski definition) is 2. The lowest BCUT2D eigenvalue weighted by molar-refractivity contribution is -0.190. The van der Waals surface area contributed by atoms with Gasteiger partial charge < -0.3 is 19.9 Å². The third kappa shape index (κ3) is 5.71. The highest BCUT2D eigenvalue weighted by Gasteiger charge is 2.39. The molecule has 0 aliphatic heterocycles. The zero-order valence-electron chi connectivity index (χ0n) is 19.4. The van der Waals surface area contributed by atoms with E-state index in [1.165, 1.54) is 24.2 Å². The van der Waals surface area contributed by atoms with Crippen molar-refractivity contribution < 1.29 is 36.9 Å². The summed E-state index contributed by atoms with van der Waals surface area (Å²) in [4.78, 5) is 29.1. The van der Waals surface area contributed by atoms with Crippen molar-refractivity contribution in [3.63, 3.8) is 0 Å². The first kappa shape index (κ1) is 26.8. The molecule has 0 spiro atoms. The van der Waals surface area contributed by atoms with Crippen LogP contribution < -0.4 is 15.7 Å². The molecule has 3 rings (SSSR count). The van der Waals surface area contributed by atoms with E-state index in [4.69, 9.17) is 9.47 Å². The van der Waals surface area contributed by atoms with Crippen LogP contribution in [0.5, 0.6) is 5.88 Å². The molecular formula is C20H23F4N7O5. The molecule has 0 bridgehead atoms. The summed E-state index contributed by atoms with van der Waals surface area (Å²) < 4.78 is 67.3. The van der Waals surface area contributed by atoms with Crippen molar-refractivity contribution in [1.29, 1.82) is 0 Å². The zero-order chi connectivity index (χ0) is 26.6. The van der Waals surface area contributed by atoms with Crippen molar-refractivity contribution in [3.05, 3.63) is 46.1 Å². The number of methoxy groups -OCH3 is 1. The molecule has 12 nitrogen and oxygen atoms in total. The minimum absolute atomic E-state index is 0.0728. The Kier molecular flexibility index (Phi) is 8.09. The predicted molar refractivity (Wildman–Crippen MR) is 115 cm³/mol. The number of halogens is 4. The van der Waals surface area contributed by atoms with Crippen LogP contribution in [0, 0.1) is 5.82 Å². The summed E-state index contributed by atoms with van der Waals surface area (Å²) in [6.45, 7) is 2.36. The Morgan fingerprint density at radius 1 is 1.33 bits per heavy atom. The number of ether oxygens (including phenoxy) is 2. The van der Waals surface area contributed by atoms with Gasteiger partial charge in [0.25, 0.3) is 5.91 Å². The summed E-state index contributed by atoms with van der Waals surface area (Å²) in [5, 5.41) is 19.6. The quantitative estimate of drug-likeness (QED) is 0.386. The van der Waals surface area contributed by atoms with Crippen molar-refractivity contribution in [2.45, 2.75) is 45.8 Å². The number of aliphatic hydroxyl groups excluding tert-OH is 1. The Balaban J connectivity index is 2.04. The first-order valence-corrected chi connectivity index (χ1v) is 10.6. The van der Waals surface area contributed by atoms with Crippen LogP contribution in [0.25, 0.3) is 5.82 Å². The van der Waals surface area contributed by atoms with E-state index in [2.05, 4.69) is 20.5 Å². The second-order valence-corrected chi connectivity index (χ2v) is 7.40. The zero-order valence-corrected chi connectivity index (χ0v) is 19.4. The predicted octanol–water partition coefficient (Wildman–Crippen LogP) is 1.51. The van der Waals surface area contributed by atoms with Gasteiger partial charge in [-0.05, 0) is 19.9 Å². The van der Waals surface area contributed by atoms with Crippen LogP contribution in [-0.2, 0) is 24.4 Å². The average molecular weight is 517 g/mol. The highest BCUT2D eigenvalue weighted by molar-refractivity contribution is 6.05. The van der Waals surface area contributed by atoms with Crippen LogP contribution >= 0.6 is 0 Å². The highest BCUT2D eigenvalue weighted by atomic mass is 19.4. The summed E-state index contributed by atoms with van der Waals surface area (Å²) in [7, 11) is 1.49. The summed E-state index contributed by atoms with van der Waals surface area (Å²) in [6, 6.07) is 0.585. The molecule has 0 aliphatic carbocycles. The molecule has 0 fully saturated rings. The first-order valence-electron chi connectivity index (χ1n) is 10.6. The fourth-order valence-electron chi connectivity index (χ4n) is 3.04. The Hall–Kier alpha value is -3.79. The minimum atomic E-state index is -4.84. The van der Waals surface area contributed by atoms with Crippen LogP contribution in [0.2, 0.25) is 0 Å². The molecule has 0 aliphatic rings. The van der Waals surface area contributed by atoms with Gasteiger partial charge in [0.15, 0.2) is 23.6 Å². The van der Waals surface area contributed by atoms with Gasteiger partial charge in [-0.3, -0.25) is 14.0 Å². The largest absolute Gasteiger partial charge is 0.464 e. The van der Waals surface area contributed by atoms with E-state index >= 15 is 4.39 Å². The van der Waals surface area contributed by atoms with Crippen LogP contribution in [0.4, 0.5) is 23.2 Å². The smallest absolute Gasteiger partial charge is 0.425 e. The summed E-state index contributed by atoms with van der Waals surface area (Å²) in [6.07, 6.45) is -4.55. The molecule has 196 valence electrons. The lowest BCUT2D eigenvalue weighted by Gasteiger charge is -2.19. The molecule has 16 heteroatoms. The van der Waals surface area contributed by atoms with Gasteiger partial charge in [-0.15, -0.1) is 5.10 Å². The van der Waals surface area contributed by atoms with E-state index in [1.807, 2.05) is 0 Å². The van der Waals surface area contributed by atoms with Gasteiger partial charge in [-0.25, -0.2) is 9.18 Å². The molecule has 3 aromatic rings. The number of nitrogens with one attached hydrogen (secondary N) is 1. The molecule has 0 saturated heterocycles. The van der Waals surface area contributed by atoms with E-state index < -0.39 is 53.6 Å². The number of carbonyl (C=O) groups is 1. The molecule has 36 heavy (non-hydrogen) atoms. The standard InChI is InChI=1S/C20H23F4N7O5/c1-4-30-15(10-32)28-31(19(30)34)16-14(21)7-13(18(27-16)36-11(2)20(22,23)24)17(33)26-12-8-25-29(9-12)5-6-35-3/h7-9,11,32H,4-6,10H2,1-3H3,(H,26,33)/t11-/m0/s1. The number of hydrogen-bond acceptors (Lipinski definition) is 8. The first-order chi connectivity index (χ1) is 17.0. The molecular weight excluding hydrogens is 494 g/mol. The second-order valence-electron chi connectivity index (χ2n) is 7.40. The number of anilines is 1. The Bertz CT molecular complexity index is 1280. The average Bonchev–Trinajstić information content (AvgIpc) is 3.40. The monoisotopic (exact) mass is 517 g/mol. The van der Waals surface area contributed by atoms with Gasteiger partial charge in [-0.1, -0.05) is 0 Å². The summed E-state index contributed by atoms with van der Waals surface area (Å²) in [5.41, 5.74) is -1.40. The number of alkyl halides is 3. The lowest BCUT2D eigenvalue weighted by Crippen LogP contribution is -2.33. The normalized spacial score (nSPS) is 12.6. The number of rotatable bonds is 10. The maximum Gasteiger partial charge on any atom is 0.425 e. The number of aliphatic hydroxyl groups is 1.